The lowest BCUT2D eigenvalue weighted by Gasteiger charge is -2.10. The van der Waals surface area contributed by atoms with Gasteiger partial charge in [0.25, 0.3) is 0 Å². The molecule has 0 aliphatic heterocycles. The van der Waals surface area contributed by atoms with Crippen LogP contribution >= 0.6 is 11.8 Å². The Labute approximate surface area is 117 Å². The van der Waals surface area contributed by atoms with Crippen LogP contribution in [0.3, 0.4) is 0 Å². The van der Waals surface area contributed by atoms with Crippen LogP contribution in [0.15, 0.2) is 5.03 Å². The summed E-state index contributed by atoms with van der Waals surface area (Å²) >= 11 is 0.810. The van der Waals surface area contributed by atoms with Gasteiger partial charge in [-0.1, -0.05) is 11.8 Å². The predicted octanol–water partition coefficient (Wildman–Crippen LogP) is 2.35. The van der Waals surface area contributed by atoms with Gasteiger partial charge in [0.05, 0.1) is 6.61 Å². The van der Waals surface area contributed by atoms with E-state index in [1.54, 1.807) is 6.92 Å². The quantitative estimate of drug-likeness (QED) is 0.631. The maximum absolute atomic E-state index is 12.7. The van der Waals surface area contributed by atoms with Crippen molar-refractivity contribution >= 4 is 17.7 Å². The first kappa shape index (κ1) is 16.4. The van der Waals surface area contributed by atoms with E-state index < -0.39 is 28.7 Å². The zero-order valence-corrected chi connectivity index (χ0v) is 11.8. The van der Waals surface area contributed by atoms with Crippen molar-refractivity contribution in [3.63, 3.8) is 0 Å². The number of esters is 1. The molecule has 110 valence electrons. The summed E-state index contributed by atoms with van der Waals surface area (Å²) < 4.78 is 43.9. The van der Waals surface area contributed by atoms with E-state index in [4.69, 9.17) is 10.00 Å². The van der Waals surface area contributed by atoms with Crippen molar-refractivity contribution in [2.75, 3.05) is 6.61 Å². The summed E-state index contributed by atoms with van der Waals surface area (Å²) in [6, 6.07) is 1.49. The lowest BCUT2D eigenvalue weighted by molar-refractivity contribution is -0.142. The van der Waals surface area contributed by atoms with Gasteiger partial charge in [-0.3, -0.25) is 9.48 Å². The fourth-order valence-corrected chi connectivity index (χ4v) is 2.37. The molecule has 0 aromatic carbocycles. The topological polar surface area (TPSA) is 67.9 Å². The molecule has 9 heteroatoms. The van der Waals surface area contributed by atoms with E-state index in [0.717, 1.165) is 16.4 Å². The molecule has 0 spiro atoms. The van der Waals surface area contributed by atoms with Crippen LogP contribution in [0.1, 0.15) is 25.1 Å². The van der Waals surface area contributed by atoms with Crippen molar-refractivity contribution in [2.45, 2.75) is 30.3 Å². The van der Waals surface area contributed by atoms with Gasteiger partial charge in [-0.2, -0.15) is 23.5 Å². The molecule has 0 radical (unpaired) electrons. The third kappa shape index (κ3) is 3.45. The second kappa shape index (κ2) is 6.17. The van der Waals surface area contributed by atoms with Crippen LogP contribution in [0.4, 0.5) is 13.2 Å². The van der Waals surface area contributed by atoms with Crippen LogP contribution in [0, 0.1) is 11.3 Å². The molecule has 0 saturated carbocycles. The molecule has 1 atom stereocenters. The van der Waals surface area contributed by atoms with Crippen LogP contribution in [-0.2, 0) is 22.8 Å². The highest BCUT2D eigenvalue weighted by Gasteiger charge is 2.39. The molecule has 1 aromatic heterocycles. The monoisotopic (exact) mass is 307 g/mol. The molecule has 0 aliphatic carbocycles. The molecule has 1 aromatic rings. The van der Waals surface area contributed by atoms with E-state index in [9.17, 15) is 18.0 Å². The van der Waals surface area contributed by atoms with E-state index in [2.05, 4.69) is 5.10 Å². The number of hydrogen-bond donors (Lipinski definition) is 0. The van der Waals surface area contributed by atoms with Gasteiger partial charge in [0, 0.05) is 7.05 Å². The van der Waals surface area contributed by atoms with Gasteiger partial charge in [0.2, 0.25) is 0 Å². The highest BCUT2D eigenvalue weighted by atomic mass is 32.2. The first-order valence-corrected chi connectivity index (χ1v) is 6.47. The first-order chi connectivity index (χ1) is 9.22. The number of carbonyl (C=O) groups excluding carboxylic acids is 1. The first-order valence-electron chi connectivity index (χ1n) is 5.59. The average molecular weight is 307 g/mol. The Kier molecular flexibility index (Phi) is 5.05. The molecule has 0 bridgehead atoms. The zero-order valence-electron chi connectivity index (χ0n) is 11.0. The molecule has 0 saturated heterocycles. The number of nitriles is 1. The third-order valence-corrected chi connectivity index (χ3v) is 3.52. The number of carbonyl (C=O) groups is 1. The van der Waals surface area contributed by atoms with Crippen LogP contribution in [0.2, 0.25) is 0 Å². The van der Waals surface area contributed by atoms with Gasteiger partial charge in [0.1, 0.15) is 21.9 Å². The molecular weight excluding hydrogens is 295 g/mol. The Morgan fingerprint density at radius 2 is 2.20 bits per heavy atom. The minimum Gasteiger partial charge on any atom is -0.465 e. The minimum atomic E-state index is -4.71. The number of rotatable bonds is 4. The minimum absolute atomic E-state index is 0.0135. The maximum atomic E-state index is 12.7. The zero-order chi connectivity index (χ0) is 15.5. The predicted molar refractivity (Wildman–Crippen MR) is 64.9 cm³/mol. The number of alkyl halides is 3. The Balaban J connectivity index is 3.11. The molecule has 5 nitrogen and oxygen atoms in total. The summed E-state index contributed by atoms with van der Waals surface area (Å²) in [5.41, 5.74) is -1.83. The SMILES string of the molecule is CCOC(=O)[C@H](C)Sc1c(C#N)c(C(F)(F)F)nn1C. The lowest BCUT2D eigenvalue weighted by atomic mass is 10.2. The molecular formula is C11H12F3N3O2S. The molecule has 1 heterocycles. The number of aromatic nitrogens is 2. The number of aryl methyl sites for hydroxylation is 1. The second-order valence-corrected chi connectivity index (χ2v) is 5.10. The van der Waals surface area contributed by atoms with E-state index in [1.165, 1.54) is 20.0 Å². The van der Waals surface area contributed by atoms with Gasteiger partial charge in [-0.25, -0.2) is 0 Å². The number of hydrogen-bond acceptors (Lipinski definition) is 5. The number of nitrogens with zero attached hydrogens (tertiary/aromatic N) is 3. The van der Waals surface area contributed by atoms with E-state index >= 15 is 0 Å². The lowest BCUT2D eigenvalue weighted by Crippen LogP contribution is -2.17. The second-order valence-electron chi connectivity index (χ2n) is 3.77. The van der Waals surface area contributed by atoms with Gasteiger partial charge < -0.3 is 4.74 Å². The summed E-state index contributed by atoms with van der Waals surface area (Å²) in [5.74, 6) is -0.559. The van der Waals surface area contributed by atoms with Gasteiger partial charge in [-0.15, -0.1) is 0 Å². The smallest absolute Gasteiger partial charge is 0.436 e. The summed E-state index contributed by atoms with van der Waals surface area (Å²) in [6.45, 7) is 3.29. The van der Waals surface area contributed by atoms with Crippen molar-refractivity contribution in [3.8, 4) is 6.07 Å². The molecule has 1 rings (SSSR count). The van der Waals surface area contributed by atoms with Crippen molar-refractivity contribution in [2.24, 2.45) is 7.05 Å². The Bertz CT molecular complexity index is 548. The molecule has 0 N–H and O–H groups in total. The fourth-order valence-electron chi connectivity index (χ4n) is 1.42. The summed E-state index contributed by atoms with van der Waals surface area (Å²) in [4.78, 5) is 11.5. The maximum Gasteiger partial charge on any atom is 0.436 e. The summed E-state index contributed by atoms with van der Waals surface area (Å²) in [6.07, 6.45) is -4.71. The van der Waals surface area contributed by atoms with Gasteiger partial charge in [-0.05, 0) is 13.8 Å². The van der Waals surface area contributed by atoms with Crippen LogP contribution in [-0.4, -0.2) is 27.6 Å². The van der Waals surface area contributed by atoms with E-state index in [1.807, 2.05) is 0 Å². The van der Waals surface area contributed by atoms with Crippen LogP contribution in [0.5, 0.6) is 0 Å². The standard InChI is InChI=1S/C11H12F3N3O2S/c1-4-19-10(18)6(2)20-9-7(5-15)8(11(12,13)14)16-17(9)3/h6H,4H2,1-3H3/t6-/m0/s1. The molecule has 0 fully saturated rings. The highest BCUT2D eigenvalue weighted by Crippen LogP contribution is 2.36. The van der Waals surface area contributed by atoms with Crippen molar-refractivity contribution in [3.05, 3.63) is 11.3 Å². The summed E-state index contributed by atoms with van der Waals surface area (Å²) in [7, 11) is 1.29. The van der Waals surface area contributed by atoms with Crippen LogP contribution < -0.4 is 0 Å². The van der Waals surface area contributed by atoms with Crippen molar-refractivity contribution in [1.29, 1.82) is 5.26 Å². The number of ether oxygens (including phenoxy) is 1. The van der Waals surface area contributed by atoms with E-state index in [0.29, 0.717) is 0 Å². The highest BCUT2D eigenvalue weighted by molar-refractivity contribution is 8.00. The number of halogens is 3. The molecule has 20 heavy (non-hydrogen) atoms. The average Bonchev–Trinajstić information content (AvgIpc) is 2.66. The number of thioether (sulfide) groups is 1. The fraction of sp³-hybridized carbons (Fsp3) is 0.545. The Morgan fingerprint density at radius 1 is 1.60 bits per heavy atom. The van der Waals surface area contributed by atoms with Crippen molar-refractivity contribution in [1.82, 2.24) is 9.78 Å². The van der Waals surface area contributed by atoms with E-state index in [-0.39, 0.29) is 11.6 Å². The molecule has 0 aliphatic rings. The van der Waals surface area contributed by atoms with Gasteiger partial charge in [0.15, 0.2) is 5.69 Å². The summed E-state index contributed by atoms with van der Waals surface area (Å²) in [5, 5.41) is 11.5. The van der Waals surface area contributed by atoms with Crippen LogP contribution in [0.25, 0.3) is 0 Å². The largest absolute Gasteiger partial charge is 0.465 e. The van der Waals surface area contributed by atoms with Crippen molar-refractivity contribution < 1.29 is 22.7 Å². The Morgan fingerprint density at radius 3 is 2.65 bits per heavy atom. The normalized spacial score (nSPS) is 12.8. The third-order valence-electron chi connectivity index (χ3n) is 2.28. The Hall–Kier alpha value is -1.69. The molecule has 0 unspecified atom stereocenters. The van der Waals surface area contributed by atoms with Gasteiger partial charge >= 0.3 is 12.1 Å². The molecule has 0 amide bonds.